The normalized spacial score (nSPS) is 14.3. The van der Waals surface area contributed by atoms with Crippen LogP contribution < -0.4 is 5.32 Å². The number of para-hydroxylation sites is 1. The van der Waals surface area contributed by atoms with E-state index in [4.69, 9.17) is 0 Å². The first-order valence-corrected chi connectivity index (χ1v) is 7.80. The predicted octanol–water partition coefficient (Wildman–Crippen LogP) is 2.80. The number of benzene rings is 1. The van der Waals surface area contributed by atoms with Crippen molar-refractivity contribution in [2.24, 2.45) is 0 Å². The quantitative estimate of drug-likeness (QED) is 0.901. The molecule has 1 heterocycles. The van der Waals surface area contributed by atoms with Gasteiger partial charge in [-0.25, -0.2) is 4.98 Å². The molecular weight excluding hydrogens is 244 g/mol. The summed E-state index contributed by atoms with van der Waals surface area (Å²) in [6, 6.07) is 12.4. The van der Waals surface area contributed by atoms with Crippen LogP contribution in [0.5, 0.6) is 0 Å². The number of hydrogen-bond acceptors (Lipinski definition) is 3. The number of fused-ring (bicyclic) bond motifs is 1. The number of hydrogen-bond donors (Lipinski definition) is 1. The van der Waals surface area contributed by atoms with Crippen molar-refractivity contribution in [2.45, 2.75) is 19.4 Å². The first-order valence-electron chi connectivity index (χ1n) is 6.07. The van der Waals surface area contributed by atoms with Gasteiger partial charge in [0.2, 0.25) is 0 Å². The van der Waals surface area contributed by atoms with Gasteiger partial charge in [0.1, 0.15) is 5.82 Å². The molecule has 0 saturated carbocycles. The highest BCUT2D eigenvalue weighted by molar-refractivity contribution is 7.84. The molecule has 0 fully saturated rings. The van der Waals surface area contributed by atoms with E-state index in [9.17, 15) is 4.21 Å². The summed E-state index contributed by atoms with van der Waals surface area (Å²) >= 11 is 0. The van der Waals surface area contributed by atoms with E-state index in [1.807, 2.05) is 24.3 Å². The summed E-state index contributed by atoms with van der Waals surface area (Å²) in [7, 11) is -0.727. The van der Waals surface area contributed by atoms with Crippen LogP contribution in [0.25, 0.3) is 10.9 Å². The average Bonchev–Trinajstić information content (AvgIpc) is 2.36. The Morgan fingerprint density at radius 2 is 2.06 bits per heavy atom. The molecule has 18 heavy (non-hydrogen) atoms. The Hall–Kier alpha value is -1.42. The van der Waals surface area contributed by atoms with Gasteiger partial charge in [0.15, 0.2) is 0 Å². The van der Waals surface area contributed by atoms with E-state index in [0.29, 0.717) is 0 Å². The Kier molecular flexibility index (Phi) is 4.31. The lowest BCUT2D eigenvalue weighted by Gasteiger charge is -2.14. The van der Waals surface area contributed by atoms with Crippen LogP contribution in [0.3, 0.4) is 0 Å². The van der Waals surface area contributed by atoms with Crippen LogP contribution in [-0.4, -0.2) is 27.2 Å². The van der Waals surface area contributed by atoms with Crippen molar-refractivity contribution in [1.82, 2.24) is 4.98 Å². The Morgan fingerprint density at radius 1 is 1.28 bits per heavy atom. The maximum absolute atomic E-state index is 11.0. The molecule has 0 spiro atoms. The first-order chi connectivity index (χ1) is 8.65. The Morgan fingerprint density at radius 3 is 2.83 bits per heavy atom. The van der Waals surface area contributed by atoms with Gasteiger partial charge in [-0.1, -0.05) is 18.2 Å². The van der Waals surface area contributed by atoms with E-state index in [-0.39, 0.29) is 6.04 Å². The van der Waals surface area contributed by atoms with E-state index < -0.39 is 10.8 Å². The van der Waals surface area contributed by atoms with Crippen LogP contribution in [-0.2, 0) is 10.8 Å². The zero-order chi connectivity index (χ0) is 13.0. The third-order valence-electron chi connectivity index (χ3n) is 2.83. The van der Waals surface area contributed by atoms with E-state index in [1.165, 1.54) is 0 Å². The number of nitrogens with zero attached hydrogens (tertiary/aromatic N) is 1. The van der Waals surface area contributed by atoms with Crippen LogP contribution in [0.2, 0.25) is 0 Å². The lowest BCUT2D eigenvalue weighted by Crippen LogP contribution is -2.18. The number of aromatic nitrogens is 1. The molecule has 0 aliphatic rings. The van der Waals surface area contributed by atoms with Crippen molar-refractivity contribution in [3.63, 3.8) is 0 Å². The van der Waals surface area contributed by atoms with Crippen LogP contribution in [0.1, 0.15) is 13.3 Å². The van der Waals surface area contributed by atoms with Gasteiger partial charge in [-0.05, 0) is 31.5 Å². The largest absolute Gasteiger partial charge is 0.368 e. The van der Waals surface area contributed by atoms with Gasteiger partial charge < -0.3 is 5.32 Å². The van der Waals surface area contributed by atoms with Crippen LogP contribution in [0, 0.1) is 0 Å². The zero-order valence-corrected chi connectivity index (χ0v) is 11.5. The van der Waals surface area contributed by atoms with Gasteiger partial charge in [-0.3, -0.25) is 4.21 Å². The molecule has 96 valence electrons. The standard InChI is InChI=1S/C14H18N2OS/c1-11(9-10-18(2)17)15-14-8-7-12-5-3-4-6-13(12)16-14/h3-8,11H,9-10H2,1-2H3,(H,15,16). The molecule has 2 rings (SSSR count). The number of pyridine rings is 1. The minimum absolute atomic E-state index is 0.280. The molecule has 2 aromatic rings. The Balaban J connectivity index is 2.05. The number of rotatable bonds is 5. The second-order valence-electron chi connectivity index (χ2n) is 4.50. The highest BCUT2D eigenvalue weighted by Crippen LogP contribution is 2.15. The Labute approximate surface area is 110 Å². The fourth-order valence-electron chi connectivity index (χ4n) is 1.81. The molecule has 0 aliphatic carbocycles. The van der Waals surface area contributed by atoms with Crippen LogP contribution in [0.15, 0.2) is 36.4 Å². The molecule has 4 heteroatoms. The van der Waals surface area contributed by atoms with Crippen LogP contribution in [0.4, 0.5) is 5.82 Å². The summed E-state index contributed by atoms with van der Waals surface area (Å²) in [5.41, 5.74) is 0.994. The van der Waals surface area contributed by atoms with Crippen molar-refractivity contribution in [3.05, 3.63) is 36.4 Å². The monoisotopic (exact) mass is 262 g/mol. The molecule has 0 bridgehead atoms. The fourth-order valence-corrected chi connectivity index (χ4v) is 2.50. The average molecular weight is 262 g/mol. The molecule has 3 nitrogen and oxygen atoms in total. The third kappa shape index (κ3) is 3.53. The lowest BCUT2D eigenvalue weighted by atomic mass is 10.2. The third-order valence-corrected chi connectivity index (χ3v) is 3.64. The summed E-state index contributed by atoms with van der Waals surface area (Å²) in [6.07, 6.45) is 2.62. The summed E-state index contributed by atoms with van der Waals surface area (Å²) in [5.74, 6) is 1.60. The van der Waals surface area contributed by atoms with Gasteiger partial charge in [-0.2, -0.15) is 0 Å². The summed E-state index contributed by atoms with van der Waals surface area (Å²) < 4.78 is 11.0. The topological polar surface area (TPSA) is 42.0 Å². The molecule has 1 aromatic heterocycles. The van der Waals surface area contributed by atoms with Crippen molar-refractivity contribution in [3.8, 4) is 0 Å². The fraction of sp³-hybridized carbons (Fsp3) is 0.357. The first kappa shape index (κ1) is 13.0. The SMILES string of the molecule is CC(CCS(C)=O)Nc1ccc2ccccc2n1. The zero-order valence-electron chi connectivity index (χ0n) is 10.7. The van der Waals surface area contributed by atoms with Gasteiger partial charge in [0.05, 0.1) is 5.52 Å². The molecule has 1 N–H and O–H groups in total. The highest BCUT2D eigenvalue weighted by atomic mass is 32.2. The lowest BCUT2D eigenvalue weighted by molar-refractivity contribution is 0.678. The van der Waals surface area contributed by atoms with E-state index in [2.05, 4.69) is 29.4 Å². The molecule has 2 unspecified atom stereocenters. The molecule has 1 aromatic carbocycles. The molecule has 0 saturated heterocycles. The second kappa shape index (κ2) is 5.96. The molecular formula is C14H18N2OS. The minimum atomic E-state index is -0.727. The van der Waals surface area contributed by atoms with Gasteiger partial charge in [0, 0.05) is 34.2 Å². The maximum Gasteiger partial charge on any atom is 0.126 e. The molecule has 2 atom stereocenters. The molecule has 0 amide bonds. The Bertz CT molecular complexity index is 556. The van der Waals surface area contributed by atoms with E-state index >= 15 is 0 Å². The van der Waals surface area contributed by atoms with Gasteiger partial charge in [-0.15, -0.1) is 0 Å². The van der Waals surface area contributed by atoms with Crippen LogP contribution >= 0.6 is 0 Å². The van der Waals surface area contributed by atoms with Crippen molar-refractivity contribution in [1.29, 1.82) is 0 Å². The smallest absolute Gasteiger partial charge is 0.126 e. The summed E-state index contributed by atoms with van der Waals surface area (Å²) in [5, 5.41) is 4.49. The second-order valence-corrected chi connectivity index (χ2v) is 6.06. The van der Waals surface area contributed by atoms with Crippen molar-refractivity contribution >= 4 is 27.5 Å². The van der Waals surface area contributed by atoms with Gasteiger partial charge >= 0.3 is 0 Å². The predicted molar refractivity (Wildman–Crippen MR) is 78.4 cm³/mol. The van der Waals surface area contributed by atoms with Crippen molar-refractivity contribution < 1.29 is 4.21 Å². The van der Waals surface area contributed by atoms with E-state index in [0.717, 1.165) is 28.9 Å². The highest BCUT2D eigenvalue weighted by Gasteiger charge is 2.04. The number of nitrogens with one attached hydrogen (secondary N) is 1. The summed E-state index contributed by atoms with van der Waals surface area (Å²) in [6.45, 7) is 2.09. The molecule has 0 radical (unpaired) electrons. The minimum Gasteiger partial charge on any atom is -0.368 e. The molecule has 0 aliphatic heterocycles. The summed E-state index contributed by atoms with van der Waals surface area (Å²) in [4.78, 5) is 4.56. The maximum atomic E-state index is 11.0. The van der Waals surface area contributed by atoms with Crippen molar-refractivity contribution in [2.75, 3.05) is 17.3 Å². The van der Waals surface area contributed by atoms with E-state index in [1.54, 1.807) is 6.26 Å². The number of anilines is 1. The van der Waals surface area contributed by atoms with Gasteiger partial charge in [0.25, 0.3) is 0 Å².